The number of nitrogen functional groups attached to an aromatic ring is 1. The Hall–Kier alpha value is -2.10. The summed E-state index contributed by atoms with van der Waals surface area (Å²) in [5.41, 5.74) is 6.42. The fourth-order valence-corrected chi connectivity index (χ4v) is 2.71. The van der Waals surface area contributed by atoms with E-state index < -0.39 is 0 Å². The minimum atomic E-state index is -0.00523. The summed E-state index contributed by atoms with van der Waals surface area (Å²) in [4.78, 5) is 18.7. The number of fused-ring (bicyclic) bond motifs is 1. The Morgan fingerprint density at radius 1 is 1.30 bits per heavy atom. The number of nitrogens with zero attached hydrogens (tertiary/aromatic N) is 2. The molecule has 1 fully saturated rings. The topological polar surface area (TPSA) is 59.2 Å². The van der Waals surface area contributed by atoms with Crippen LogP contribution in [0.2, 0.25) is 0 Å². The molecule has 2 aromatic rings. The van der Waals surface area contributed by atoms with Crippen molar-refractivity contribution in [1.29, 1.82) is 0 Å². The molecule has 4 nitrogen and oxygen atoms in total. The van der Waals surface area contributed by atoms with Gasteiger partial charge in [0.05, 0.1) is 0 Å². The molecule has 20 heavy (non-hydrogen) atoms. The molecule has 1 aliphatic rings. The van der Waals surface area contributed by atoms with Crippen LogP contribution in [0.25, 0.3) is 10.8 Å². The number of hydrogen-bond donors (Lipinski definition) is 1. The molecule has 2 N–H and O–H groups in total. The second kappa shape index (κ2) is 5.12. The van der Waals surface area contributed by atoms with Crippen LogP contribution in [0.15, 0.2) is 30.3 Å². The summed E-state index contributed by atoms with van der Waals surface area (Å²) in [5.74, 6) is 1.12. The molecule has 3 rings (SSSR count). The van der Waals surface area contributed by atoms with Crippen molar-refractivity contribution in [3.8, 4) is 0 Å². The zero-order chi connectivity index (χ0) is 14.1. The number of carbonyl (C=O) groups excluding carboxylic acids is 1. The Kier molecular flexibility index (Phi) is 3.30. The number of piperidine rings is 1. The Labute approximate surface area is 118 Å². The molecule has 1 aliphatic heterocycles. The summed E-state index contributed by atoms with van der Waals surface area (Å²) in [6.07, 6.45) is 2.13. The van der Waals surface area contributed by atoms with Gasteiger partial charge in [-0.2, -0.15) is 0 Å². The van der Waals surface area contributed by atoms with Gasteiger partial charge in [0.2, 0.25) is 0 Å². The fraction of sp³-hybridized carbons (Fsp3) is 0.375. The number of hydrogen-bond acceptors (Lipinski definition) is 3. The minimum Gasteiger partial charge on any atom is -0.383 e. The van der Waals surface area contributed by atoms with Crippen molar-refractivity contribution >= 4 is 22.5 Å². The number of carbonyl (C=O) groups is 1. The zero-order valence-electron chi connectivity index (χ0n) is 11.7. The van der Waals surface area contributed by atoms with E-state index >= 15 is 0 Å². The number of likely N-dealkylation sites (tertiary alicyclic amines) is 1. The molecule has 2 heterocycles. The maximum Gasteiger partial charge on any atom is 0.272 e. The fourth-order valence-electron chi connectivity index (χ4n) is 2.71. The molecular weight excluding hydrogens is 250 g/mol. The third-order valence-electron chi connectivity index (χ3n) is 4.06. The van der Waals surface area contributed by atoms with E-state index in [4.69, 9.17) is 5.73 Å². The van der Waals surface area contributed by atoms with E-state index in [1.807, 2.05) is 35.2 Å². The maximum absolute atomic E-state index is 12.5. The van der Waals surface area contributed by atoms with Crippen LogP contribution < -0.4 is 5.73 Å². The van der Waals surface area contributed by atoms with Gasteiger partial charge in [0.15, 0.2) is 0 Å². The Morgan fingerprint density at radius 2 is 2.00 bits per heavy atom. The van der Waals surface area contributed by atoms with Gasteiger partial charge in [-0.25, -0.2) is 4.98 Å². The minimum absolute atomic E-state index is 0.00523. The lowest BCUT2D eigenvalue weighted by Crippen LogP contribution is -2.38. The van der Waals surface area contributed by atoms with Gasteiger partial charge in [0.1, 0.15) is 11.5 Å². The van der Waals surface area contributed by atoms with Gasteiger partial charge in [-0.1, -0.05) is 31.2 Å². The summed E-state index contributed by atoms with van der Waals surface area (Å²) in [6, 6.07) is 9.59. The first-order valence-corrected chi connectivity index (χ1v) is 7.09. The number of anilines is 1. The highest BCUT2D eigenvalue weighted by molar-refractivity contribution is 5.99. The van der Waals surface area contributed by atoms with Crippen LogP contribution in [-0.2, 0) is 0 Å². The molecule has 1 saturated heterocycles. The summed E-state index contributed by atoms with van der Waals surface area (Å²) >= 11 is 0. The quantitative estimate of drug-likeness (QED) is 0.866. The smallest absolute Gasteiger partial charge is 0.272 e. The molecule has 1 amide bonds. The molecule has 0 spiro atoms. The predicted molar refractivity (Wildman–Crippen MR) is 80.5 cm³/mol. The van der Waals surface area contributed by atoms with Crippen molar-refractivity contribution < 1.29 is 4.79 Å². The van der Waals surface area contributed by atoms with E-state index in [1.165, 1.54) is 0 Å². The van der Waals surface area contributed by atoms with Gasteiger partial charge in [-0.3, -0.25) is 4.79 Å². The van der Waals surface area contributed by atoms with Crippen molar-refractivity contribution in [2.75, 3.05) is 18.8 Å². The van der Waals surface area contributed by atoms with E-state index in [0.29, 0.717) is 17.4 Å². The second-order valence-corrected chi connectivity index (χ2v) is 5.59. The number of nitrogens with two attached hydrogens (primary N) is 1. The largest absolute Gasteiger partial charge is 0.383 e. The highest BCUT2D eigenvalue weighted by atomic mass is 16.2. The SMILES string of the molecule is CC1CCN(C(=O)c2cc3ccccc3c(N)n2)CC1. The van der Waals surface area contributed by atoms with Crippen LogP contribution in [0.1, 0.15) is 30.3 Å². The van der Waals surface area contributed by atoms with Gasteiger partial charge in [0, 0.05) is 18.5 Å². The van der Waals surface area contributed by atoms with Crippen LogP contribution in [0.4, 0.5) is 5.82 Å². The molecule has 0 aliphatic carbocycles. The Morgan fingerprint density at radius 3 is 2.75 bits per heavy atom. The van der Waals surface area contributed by atoms with Gasteiger partial charge < -0.3 is 10.6 Å². The van der Waals surface area contributed by atoms with Crippen molar-refractivity contribution in [2.24, 2.45) is 5.92 Å². The number of rotatable bonds is 1. The van der Waals surface area contributed by atoms with Crippen LogP contribution in [0.5, 0.6) is 0 Å². The first kappa shape index (κ1) is 12.9. The van der Waals surface area contributed by atoms with E-state index in [1.54, 1.807) is 0 Å². The van der Waals surface area contributed by atoms with Crippen molar-refractivity contribution in [3.05, 3.63) is 36.0 Å². The standard InChI is InChI=1S/C16H19N3O/c1-11-6-8-19(9-7-11)16(20)14-10-12-4-2-3-5-13(12)15(17)18-14/h2-5,10-11H,6-9H2,1H3,(H2,17,18). The summed E-state index contributed by atoms with van der Waals surface area (Å²) < 4.78 is 0. The van der Waals surface area contributed by atoms with E-state index in [2.05, 4.69) is 11.9 Å². The first-order valence-electron chi connectivity index (χ1n) is 7.09. The lowest BCUT2D eigenvalue weighted by atomic mass is 9.99. The molecule has 1 aromatic heterocycles. The van der Waals surface area contributed by atoms with Crippen LogP contribution in [0, 0.1) is 5.92 Å². The molecule has 0 unspecified atom stereocenters. The third kappa shape index (κ3) is 2.33. The van der Waals surface area contributed by atoms with E-state index in [-0.39, 0.29) is 5.91 Å². The average Bonchev–Trinajstić information content (AvgIpc) is 2.47. The van der Waals surface area contributed by atoms with Crippen LogP contribution in [0.3, 0.4) is 0 Å². The summed E-state index contributed by atoms with van der Waals surface area (Å²) in [7, 11) is 0. The van der Waals surface area contributed by atoms with Crippen molar-refractivity contribution in [1.82, 2.24) is 9.88 Å². The van der Waals surface area contributed by atoms with Crippen molar-refractivity contribution in [3.63, 3.8) is 0 Å². The van der Waals surface area contributed by atoms with Gasteiger partial charge in [0.25, 0.3) is 5.91 Å². The number of pyridine rings is 1. The normalized spacial score (nSPS) is 16.6. The summed E-state index contributed by atoms with van der Waals surface area (Å²) in [5, 5.41) is 1.87. The highest BCUT2D eigenvalue weighted by Crippen LogP contribution is 2.22. The van der Waals surface area contributed by atoms with Gasteiger partial charge in [-0.05, 0) is 30.2 Å². The Bertz CT molecular complexity index is 645. The molecule has 4 heteroatoms. The van der Waals surface area contributed by atoms with E-state index in [9.17, 15) is 4.79 Å². The second-order valence-electron chi connectivity index (χ2n) is 5.59. The molecule has 0 bridgehead atoms. The summed E-state index contributed by atoms with van der Waals surface area (Å²) in [6.45, 7) is 3.86. The predicted octanol–water partition coefficient (Wildman–Crippen LogP) is 2.69. The molecule has 1 aromatic carbocycles. The zero-order valence-corrected chi connectivity index (χ0v) is 11.7. The third-order valence-corrected chi connectivity index (χ3v) is 4.06. The molecule has 0 radical (unpaired) electrons. The molecule has 0 saturated carbocycles. The first-order chi connectivity index (χ1) is 9.65. The van der Waals surface area contributed by atoms with Gasteiger partial charge >= 0.3 is 0 Å². The monoisotopic (exact) mass is 269 g/mol. The number of amides is 1. The number of aromatic nitrogens is 1. The van der Waals surface area contributed by atoms with Crippen LogP contribution in [-0.4, -0.2) is 28.9 Å². The lowest BCUT2D eigenvalue weighted by molar-refractivity contribution is 0.0691. The van der Waals surface area contributed by atoms with Crippen molar-refractivity contribution in [2.45, 2.75) is 19.8 Å². The highest BCUT2D eigenvalue weighted by Gasteiger charge is 2.22. The average molecular weight is 269 g/mol. The maximum atomic E-state index is 12.5. The molecule has 0 atom stereocenters. The van der Waals surface area contributed by atoms with Gasteiger partial charge in [-0.15, -0.1) is 0 Å². The van der Waals surface area contributed by atoms with Crippen LogP contribution >= 0.6 is 0 Å². The Balaban J connectivity index is 1.92. The van der Waals surface area contributed by atoms with E-state index in [0.717, 1.165) is 36.7 Å². The molecular formula is C16H19N3O. The lowest BCUT2D eigenvalue weighted by Gasteiger charge is -2.30. The molecule has 104 valence electrons. The number of benzene rings is 1.